The number of hydrogen-bond donors (Lipinski definition) is 4. The van der Waals surface area contributed by atoms with E-state index in [1.54, 1.807) is 18.5 Å². The number of carbonyl (C=O) groups excluding carboxylic acids is 1. The van der Waals surface area contributed by atoms with Gasteiger partial charge in [-0.05, 0) is 6.07 Å². The molecule has 0 fully saturated rings. The van der Waals surface area contributed by atoms with E-state index in [1.807, 2.05) is 0 Å². The van der Waals surface area contributed by atoms with Gasteiger partial charge in [-0.2, -0.15) is 5.10 Å². The highest BCUT2D eigenvalue weighted by molar-refractivity contribution is 5.76. The third-order valence-corrected chi connectivity index (χ3v) is 2.95. The largest absolute Gasteiger partial charge is 0.483 e. The smallest absolute Gasteiger partial charge is 0.290 e. The molecule has 0 aromatic carbocycles. The van der Waals surface area contributed by atoms with Gasteiger partial charge < -0.3 is 20.1 Å². The normalized spacial score (nSPS) is 9.71. The summed E-state index contributed by atoms with van der Waals surface area (Å²) < 4.78 is 0. The Hall–Kier alpha value is -3.01. The second-order valence-electron chi connectivity index (χ2n) is 4.59. The molecule has 0 atom stereocenters. The van der Waals surface area contributed by atoms with Gasteiger partial charge in [0.1, 0.15) is 5.82 Å². The van der Waals surface area contributed by atoms with Crippen molar-refractivity contribution in [2.45, 2.75) is 19.4 Å². The van der Waals surface area contributed by atoms with Gasteiger partial charge in [-0.3, -0.25) is 14.4 Å². The van der Waals surface area contributed by atoms with Gasteiger partial charge in [0.2, 0.25) is 5.91 Å². The third-order valence-electron chi connectivity index (χ3n) is 2.95. The Morgan fingerprint density at radius 2 is 2.12 bits per heavy atom. The lowest BCUT2D eigenvalue weighted by Gasteiger charge is -2.20. The average molecular weight is 337 g/mol. The number of aliphatic hydroxyl groups is 1. The Morgan fingerprint density at radius 1 is 1.38 bits per heavy atom. The Kier molecular flexibility index (Phi) is 8.47. The van der Waals surface area contributed by atoms with Crippen molar-refractivity contribution in [2.75, 3.05) is 13.2 Å². The first kappa shape index (κ1) is 19.0. The molecule has 2 heterocycles. The molecule has 0 unspecified atom stereocenters. The molecule has 10 heteroatoms. The van der Waals surface area contributed by atoms with Gasteiger partial charge in [-0.15, -0.1) is 0 Å². The van der Waals surface area contributed by atoms with Crippen molar-refractivity contribution >= 4 is 12.4 Å². The van der Waals surface area contributed by atoms with Crippen LogP contribution in [-0.2, 0) is 22.6 Å². The van der Waals surface area contributed by atoms with Crippen LogP contribution in [0.25, 0.3) is 0 Å². The highest BCUT2D eigenvalue weighted by Gasteiger charge is 2.14. The van der Waals surface area contributed by atoms with Gasteiger partial charge in [0.25, 0.3) is 12.0 Å². The zero-order chi connectivity index (χ0) is 17.8. The molecule has 130 valence electrons. The molecule has 0 aliphatic carbocycles. The van der Waals surface area contributed by atoms with E-state index in [0.29, 0.717) is 24.5 Å². The van der Waals surface area contributed by atoms with E-state index in [0.717, 1.165) is 0 Å². The molecule has 0 saturated heterocycles. The second-order valence-corrected chi connectivity index (χ2v) is 4.59. The Morgan fingerprint density at radius 3 is 2.67 bits per heavy atom. The summed E-state index contributed by atoms with van der Waals surface area (Å²) in [6.07, 6.45) is 3.97. The first-order valence-electron chi connectivity index (χ1n) is 7.10. The lowest BCUT2D eigenvalue weighted by atomic mass is 10.2. The van der Waals surface area contributed by atoms with E-state index in [-0.39, 0.29) is 37.5 Å². The van der Waals surface area contributed by atoms with Crippen molar-refractivity contribution in [2.24, 2.45) is 0 Å². The van der Waals surface area contributed by atoms with E-state index in [2.05, 4.69) is 20.2 Å². The SMILES string of the molecule is O=C(CCc1ccc(=O)[nH]n1)N(CCO)Cc1ncc[nH]1.O=CO. The number of imidazole rings is 1. The number of carboxylic acid groups (broad SMARTS) is 1. The molecule has 0 bridgehead atoms. The van der Waals surface area contributed by atoms with Gasteiger partial charge in [-0.25, -0.2) is 10.1 Å². The van der Waals surface area contributed by atoms with Crippen LogP contribution in [0.3, 0.4) is 0 Å². The fraction of sp³-hybridized carbons (Fsp3) is 0.357. The van der Waals surface area contributed by atoms with Crippen LogP contribution in [0, 0.1) is 0 Å². The molecule has 2 aromatic rings. The summed E-state index contributed by atoms with van der Waals surface area (Å²) in [5.41, 5.74) is 0.370. The molecule has 2 rings (SSSR count). The van der Waals surface area contributed by atoms with Crippen molar-refractivity contribution < 1.29 is 19.8 Å². The van der Waals surface area contributed by atoms with Crippen molar-refractivity contribution in [3.05, 3.63) is 46.4 Å². The standard InChI is InChI=1S/C13H17N5O3.CH2O2/c19-8-7-18(9-11-14-5-6-15-11)13(21)4-2-10-1-3-12(20)17-16-10;2-1-3/h1,3,5-6,19H,2,4,7-9H2,(H,14,15)(H,17,20);1H,(H,2,3). The van der Waals surface area contributed by atoms with Gasteiger partial charge in [0.15, 0.2) is 0 Å². The van der Waals surface area contributed by atoms with Gasteiger partial charge in [-0.1, -0.05) is 0 Å². The molecule has 0 aliphatic heterocycles. The first-order chi connectivity index (χ1) is 11.6. The van der Waals surface area contributed by atoms with Crippen molar-refractivity contribution in [1.29, 1.82) is 0 Å². The number of aryl methyl sites for hydroxylation is 1. The molecule has 0 aliphatic rings. The fourth-order valence-corrected chi connectivity index (χ4v) is 1.88. The predicted octanol–water partition coefficient (Wildman–Crippen LogP) is -0.852. The summed E-state index contributed by atoms with van der Waals surface area (Å²) in [5, 5.41) is 22.1. The number of aromatic nitrogens is 4. The Balaban J connectivity index is 0.000000891. The highest BCUT2D eigenvalue weighted by atomic mass is 16.3. The number of carbonyl (C=O) groups is 2. The Bertz CT molecular complexity index is 650. The quantitative estimate of drug-likeness (QED) is 0.480. The monoisotopic (exact) mass is 337 g/mol. The van der Waals surface area contributed by atoms with Crippen LogP contribution in [0.5, 0.6) is 0 Å². The molecule has 24 heavy (non-hydrogen) atoms. The molecule has 1 amide bonds. The number of hydrogen-bond acceptors (Lipinski definition) is 6. The highest BCUT2D eigenvalue weighted by Crippen LogP contribution is 2.04. The van der Waals surface area contributed by atoms with Gasteiger partial charge in [0, 0.05) is 37.8 Å². The number of aromatic amines is 2. The topological polar surface area (TPSA) is 152 Å². The predicted molar refractivity (Wildman–Crippen MR) is 83.0 cm³/mol. The maximum Gasteiger partial charge on any atom is 0.290 e. The summed E-state index contributed by atoms with van der Waals surface area (Å²) in [4.78, 5) is 40.0. The van der Waals surface area contributed by atoms with E-state index >= 15 is 0 Å². The van der Waals surface area contributed by atoms with Crippen LogP contribution >= 0.6 is 0 Å². The maximum absolute atomic E-state index is 12.2. The van der Waals surface area contributed by atoms with Gasteiger partial charge >= 0.3 is 0 Å². The van der Waals surface area contributed by atoms with E-state index in [4.69, 9.17) is 15.0 Å². The molecule has 2 aromatic heterocycles. The molecule has 4 N–H and O–H groups in total. The molecule has 0 spiro atoms. The minimum absolute atomic E-state index is 0.103. The van der Waals surface area contributed by atoms with Gasteiger partial charge in [0.05, 0.1) is 18.8 Å². The number of rotatable bonds is 7. The summed E-state index contributed by atoms with van der Waals surface area (Å²) in [6.45, 7) is 0.216. The molecule has 0 radical (unpaired) electrons. The summed E-state index contributed by atoms with van der Waals surface area (Å²) >= 11 is 0. The van der Waals surface area contributed by atoms with Crippen LogP contribution in [0.2, 0.25) is 0 Å². The lowest BCUT2D eigenvalue weighted by molar-refractivity contribution is -0.132. The minimum Gasteiger partial charge on any atom is -0.483 e. The van der Waals surface area contributed by atoms with Crippen LogP contribution in [0.4, 0.5) is 0 Å². The number of H-pyrrole nitrogens is 2. The minimum atomic E-state index is -0.273. The Labute approximate surface area is 137 Å². The number of aliphatic hydroxyl groups excluding tert-OH is 1. The third kappa shape index (κ3) is 6.83. The van der Waals surface area contributed by atoms with Crippen LogP contribution < -0.4 is 5.56 Å². The molecule has 0 saturated carbocycles. The molecule has 10 nitrogen and oxygen atoms in total. The fourth-order valence-electron chi connectivity index (χ4n) is 1.88. The lowest BCUT2D eigenvalue weighted by Crippen LogP contribution is -2.33. The number of nitrogens with one attached hydrogen (secondary N) is 2. The van der Waals surface area contributed by atoms with Crippen LogP contribution in [0.15, 0.2) is 29.3 Å². The summed E-state index contributed by atoms with van der Waals surface area (Å²) in [5.74, 6) is 0.562. The van der Waals surface area contributed by atoms with E-state index in [1.165, 1.54) is 11.0 Å². The van der Waals surface area contributed by atoms with Crippen molar-refractivity contribution in [3.63, 3.8) is 0 Å². The van der Waals surface area contributed by atoms with Crippen LogP contribution in [0.1, 0.15) is 17.9 Å². The maximum atomic E-state index is 12.2. The second kappa shape index (κ2) is 10.7. The first-order valence-corrected chi connectivity index (χ1v) is 7.10. The van der Waals surface area contributed by atoms with Crippen molar-refractivity contribution in [1.82, 2.24) is 25.1 Å². The van der Waals surface area contributed by atoms with E-state index < -0.39 is 0 Å². The summed E-state index contributed by atoms with van der Waals surface area (Å²) in [7, 11) is 0. The zero-order valence-electron chi connectivity index (χ0n) is 12.9. The molecular weight excluding hydrogens is 318 g/mol. The number of amides is 1. The van der Waals surface area contributed by atoms with Crippen molar-refractivity contribution in [3.8, 4) is 0 Å². The van der Waals surface area contributed by atoms with E-state index in [9.17, 15) is 9.59 Å². The average Bonchev–Trinajstić information content (AvgIpc) is 3.07. The number of nitrogens with zero attached hydrogens (tertiary/aromatic N) is 3. The summed E-state index contributed by atoms with van der Waals surface area (Å²) in [6, 6.07) is 2.97. The molecular formula is C14H19N5O5. The van der Waals surface area contributed by atoms with Crippen LogP contribution in [-0.4, -0.2) is 60.8 Å². The zero-order valence-corrected chi connectivity index (χ0v) is 12.9.